The number of aromatic nitrogens is 4. The molecule has 0 atom stereocenters. The van der Waals surface area contributed by atoms with Gasteiger partial charge in [-0.1, -0.05) is 12.1 Å². The topological polar surface area (TPSA) is 50.1 Å². The average molecular weight is 362 g/mol. The van der Waals surface area contributed by atoms with E-state index in [0.717, 1.165) is 48.9 Å². The van der Waals surface area contributed by atoms with Gasteiger partial charge in [0.2, 0.25) is 5.95 Å². The van der Waals surface area contributed by atoms with E-state index in [9.17, 15) is 0 Å². The Morgan fingerprint density at radius 2 is 1.74 bits per heavy atom. The smallest absolute Gasteiger partial charge is 0.206 e. The van der Waals surface area contributed by atoms with Crippen LogP contribution >= 0.6 is 0 Å². The van der Waals surface area contributed by atoms with Crippen molar-refractivity contribution in [3.8, 4) is 0 Å². The number of hydrogen-bond acceptors (Lipinski definition) is 5. The SMILES string of the molecule is Cc1cc(N(C2CC2)C2CCN(c3nc4ccccc4n3C)CC2)ncn1. The average Bonchev–Trinajstić information content (AvgIpc) is 3.46. The molecule has 1 saturated carbocycles. The minimum absolute atomic E-state index is 0.553. The van der Waals surface area contributed by atoms with Gasteiger partial charge in [-0.15, -0.1) is 0 Å². The van der Waals surface area contributed by atoms with Crippen LogP contribution in [-0.4, -0.2) is 44.7 Å². The van der Waals surface area contributed by atoms with Crippen LogP contribution in [0.25, 0.3) is 11.0 Å². The predicted octanol–water partition coefficient (Wildman–Crippen LogP) is 3.31. The van der Waals surface area contributed by atoms with Crippen molar-refractivity contribution in [1.82, 2.24) is 19.5 Å². The van der Waals surface area contributed by atoms with Crippen molar-refractivity contribution in [3.63, 3.8) is 0 Å². The van der Waals surface area contributed by atoms with E-state index < -0.39 is 0 Å². The maximum absolute atomic E-state index is 4.88. The van der Waals surface area contributed by atoms with Gasteiger partial charge in [0.25, 0.3) is 0 Å². The quantitative estimate of drug-likeness (QED) is 0.713. The molecule has 0 radical (unpaired) electrons. The molecule has 5 rings (SSSR count). The van der Waals surface area contributed by atoms with E-state index in [-0.39, 0.29) is 0 Å². The van der Waals surface area contributed by atoms with Gasteiger partial charge >= 0.3 is 0 Å². The number of anilines is 2. The molecule has 0 amide bonds. The first-order valence-electron chi connectivity index (χ1n) is 9.94. The minimum atomic E-state index is 0.553. The van der Waals surface area contributed by atoms with E-state index in [4.69, 9.17) is 4.98 Å². The molecule has 1 aliphatic heterocycles. The summed E-state index contributed by atoms with van der Waals surface area (Å²) in [6.45, 7) is 4.12. The molecule has 1 aliphatic carbocycles. The first kappa shape index (κ1) is 16.5. The highest BCUT2D eigenvalue weighted by molar-refractivity contribution is 5.78. The van der Waals surface area contributed by atoms with Gasteiger partial charge in [0.05, 0.1) is 11.0 Å². The van der Waals surface area contributed by atoms with Crippen LogP contribution in [0.1, 0.15) is 31.4 Å². The Hall–Kier alpha value is -2.63. The first-order chi connectivity index (χ1) is 13.2. The van der Waals surface area contributed by atoms with Gasteiger partial charge < -0.3 is 14.4 Å². The maximum Gasteiger partial charge on any atom is 0.206 e. The third kappa shape index (κ3) is 3.03. The summed E-state index contributed by atoms with van der Waals surface area (Å²) in [5.74, 6) is 2.19. The molecule has 3 heterocycles. The fourth-order valence-electron chi connectivity index (χ4n) is 4.37. The largest absolute Gasteiger partial charge is 0.350 e. The van der Waals surface area contributed by atoms with Crippen molar-refractivity contribution in [3.05, 3.63) is 42.4 Å². The molecule has 6 heteroatoms. The summed E-state index contributed by atoms with van der Waals surface area (Å²) in [5, 5.41) is 0. The van der Waals surface area contributed by atoms with Gasteiger partial charge in [-0.25, -0.2) is 15.0 Å². The van der Waals surface area contributed by atoms with E-state index in [2.05, 4.69) is 61.7 Å². The molecule has 6 nitrogen and oxygen atoms in total. The Kier molecular flexibility index (Phi) is 3.99. The van der Waals surface area contributed by atoms with Crippen LogP contribution in [0, 0.1) is 6.92 Å². The molecule has 3 aromatic rings. The zero-order valence-corrected chi connectivity index (χ0v) is 16.0. The van der Waals surface area contributed by atoms with E-state index in [1.807, 2.05) is 6.92 Å². The number of rotatable bonds is 4. The maximum atomic E-state index is 4.88. The summed E-state index contributed by atoms with van der Waals surface area (Å²) < 4.78 is 2.22. The normalized spacial score (nSPS) is 18.2. The second-order valence-corrected chi connectivity index (χ2v) is 7.83. The first-order valence-corrected chi connectivity index (χ1v) is 9.94. The van der Waals surface area contributed by atoms with Gasteiger partial charge in [0, 0.05) is 44.0 Å². The van der Waals surface area contributed by atoms with Crippen LogP contribution in [0.3, 0.4) is 0 Å². The van der Waals surface area contributed by atoms with Crippen LogP contribution in [0.15, 0.2) is 36.7 Å². The van der Waals surface area contributed by atoms with Crippen LogP contribution < -0.4 is 9.80 Å². The number of imidazole rings is 1. The number of nitrogens with zero attached hydrogens (tertiary/aromatic N) is 6. The Morgan fingerprint density at radius 1 is 1.00 bits per heavy atom. The number of hydrogen-bond donors (Lipinski definition) is 0. The summed E-state index contributed by atoms with van der Waals surface area (Å²) in [6.07, 6.45) is 6.56. The Labute approximate surface area is 159 Å². The summed E-state index contributed by atoms with van der Waals surface area (Å²) in [6, 6.07) is 11.7. The standard InChI is InChI=1S/C21H26N6/c1-15-13-20(23-14-22-15)27(16-7-8-16)17-9-11-26(12-10-17)21-24-18-5-3-4-6-19(18)25(21)2/h3-6,13-14,16-17H,7-12H2,1-2H3. The molecule has 2 aromatic heterocycles. The number of para-hydroxylation sites is 2. The third-order valence-corrected chi connectivity index (χ3v) is 5.90. The fourth-order valence-corrected chi connectivity index (χ4v) is 4.37. The second-order valence-electron chi connectivity index (χ2n) is 7.83. The van der Waals surface area contributed by atoms with Crippen molar-refractivity contribution in [2.75, 3.05) is 22.9 Å². The monoisotopic (exact) mass is 362 g/mol. The van der Waals surface area contributed by atoms with Gasteiger partial charge in [-0.05, 0) is 44.7 Å². The lowest BCUT2D eigenvalue weighted by molar-refractivity contribution is 0.453. The second kappa shape index (κ2) is 6.51. The Balaban J connectivity index is 1.35. The number of benzene rings is 1. The van der Waals surface area contributed by atoms with Crippen molar-refractivity contribution in [2.45, 2.75) is 44.7 Å². The van der Waals surface area contributed by atoms with Crippen molar-refractivity contribution >= 4 is 22.8 Å². The summed E-state index contributed by atoms with van der Waals surface area (Å²) in [4.78, 5) is 18.7. The van der Waals surface area contributed by atoms with Crippen molar-refractivity contribution in [2.24, 2.45) is 7.05 Å². The zero-order valence-electron chi connectivity index (χ0n) is 16.0. The Morgan fingerprint density at radius 3 is 2.44 bits per heavy atom. The highest BCUT2D eigenvalue weighted by atomic mass is 15.3. The minimum Gasteiger partial charge on any atom is -0.350 e. The molecule has 140 valence electrons. The van der Waals surface area contributed by atoms with Crippen molar-refractivity contribution < 1.29 is 0 Å². The molecule has 0 N–H and O–H groups in total. The molecule has 0 bridgehead atoms. The number of aryl methyl sites for hydroxylation is 2. The summed E-state index contributed by atoms with van der Waals surface area (Å²) >= 11 is 0. The van der Waals surface area contributed by atoms with Crippen LogP contribution in [0.4, 0.5) is 11.8 Å². The molecular weight excluding hydrogens is 336 g/mol. The fraction of sp³-hybridized carbons (Fsp3) is 0.476. The van der Waals surface area contributed by atoms with E-state index in [0.29, 0.717) is 12.1 Å². The van der Waals surface area contributed by atoms with Gasteiger partial charge in [-0.3, -0.25) is 0 Å². The van der Waals surface area contributed by atoms with Crippen LogP contribution in [0.2, 0.25) is 0 Å². The lowest BCUT2D eigenvalue weighted by Gasteiger charge is -2.39. The molecule has 0 unspecified atom stereocenters. The lowest BCUT2D eigenvalue weighted by Crippen LogP contribution is -2.47. The van der Waals surface area contributed by atoms with Gasteiger partial charge in [-0.2, -0.15) is 0 Å². The highest BCUT2D eigenvalue weighted by Gasteiger charge is 2.37. The van der Waals surface area contributed by atoms with Crippen molar-refractivity contribution in [1.29, 1.82) is 0 Å². The van der Waals surface area contributed by atoms with E-state index in [1.165, 1.54) is 18.4 Å². The molecule has 2 aliphatic rings. The van der Waals surface area contributed by atoms with Crippen LogP contribution in [-0.2, 0) is 7.05 Å². The number of fused-ring (bicyclic) bond motifs is 1. The molecule has 2 fully saturated rings. The molecule has 1 saturated heterocycles. The predicted molar refractivity (Wildman–Crippen MR) is 108 cm³/mol. The van der Waals surface area contributed by atoms with Gasteiger partial charge in [0.1, 0.15) is 12.1 Å². The molecule has 1 aromatic carbocycles. The van der Waals surface area contributed by atoms with Gasteiger partial charge in [0.15, 0.2) is 0 Å². The summed E-state index contributed by atoms with van der Waals surface area (Å²) in [7, 11) is 2.12. The van der Waals surface area contributed by atoms with E-state index >= 15 is 0 Å². The third-order valence-electron chi connectivity index (χ3n) is 5.90. The Bertz CT molecular complexity index is 952. The van der Waals surface area contributed by atoms with Crippen LogP contribution in [0.5, 0.6) is 0 Å². The number of piperidine rings is 1. The molecular formula is C21H26N6. The molecule has 27 heavy (non-hydrogen) atoms. The van der Waals surface area contributed by atoms with E-state index in [1.54, 1.807) is 6.33 Å². The highest BCUT2D eigenvalue weighted by Crippen LogP contribution is 2.36. The lowest BCUT2D eigenvalue weighted by atomic mass is 10.0. The zero-order chi connectivity index (χ0) is 18.4. The molecule has 0 spiro atoms. The summed E-state index contributed by atoms with van der Waals surface area (Å²) in [5.41, 5.74) is 3.32.